The lowest BCUT2D eigenvalue weighted by atomic mass is 9.33. The molecule has 0 saturated heterocycles. The van der Waals surface area contributed by atoms with Gasteiger partial charge in [-0.2, -0.15) is 0 Å². The number of aliphatic hydroxyl groups is 2. The molecule has 0 amide bonds. The molecule has 4 saturated carbocycles. The zero-order valence-electron chi connectivity index (χ0n) is 22.6. The highest BCUT2D eigenvalue weighted by molar-refractivity contribution is 5.77. The van der Waals surface area contributed by atoms with Crippen molar-refractivity contribution in [2.75, 3.05) is 0 Å². The average molecular weight is 473 g/mol. The van der Waals surface area contributed by atoms with E-state index in [4.69, 9.17) is 0 Å². The van der Waals surface area contributed by atoms with E-state index in [1.165, 1.54) is 5.57 Å². The molecule has 0 aromatic carbocycles. The molecule has 0 aliphatic heterocycles. The van der Waals surface area contributed by atoms with Crippen LogP contribution in [0.15, 0.2) is 11.6 Å². The molecule has 0 aromatic heterocycles. The molecule has 4 fully saturated rings. The highest BCUT2D eigenvalue weighted by atomic mass is 16.4. The molecule has 192 valence electrons. The van der Waals surface area contributed by atoms with Crippen LogP contribution in [0.25, 0.3) is 0 Å². The summed E-state index contributed by atoms with van der Waals surface area (Å²) >= 11 is 0. The second-order valence-electron chi connectivity index (χ2n) is 14.7. The normalized spacial score (nSPS) is 56.3. The highest BCUT2D eigenvalue weighted by Crippen LogP contribution is 2.76. The van der Waals surface area contributed by atoms with Gasteiger partial charge in [0.15, 0.2) is 0 Å². The SMILES string of the molecule is C[C@@H]1CC[C@]2(C(=O)O)CC[C@]3(C)C(=CC[C@@H]4[C@@]5(C)CC[C@H](O)C(C)(C)[C@@H]5CC[C@]43C)[C@H]2[C@]1(C)O. The Hall–Kier alpha value is -0.870. The minimum atomic E-state index is -1.01. The Kier molecular flexibility index (Phi) is 5.20. The molecule has 4 nitrogen and oxygen atoms in total. The topological polar surface area (TPSA) is 77.8 Å². The van der Waals surface area contributed by atoms with Crippen LogP contribution < -0.4 is 0 Å². The van der Waals surface area contributed by atoms with E-state index < -0.39 is 17.0 Å². The second kappa shape index (κ2) is 7.12. The molecule has 0 bridgehead atoms. The quantitative estimate of drug-likeness (QED) is 0.397. The molecule has 0 heterocycles. The van der Waals surface area contributed by atoms with Crippen LogP contribution in [0.1, 0.15) is 106 Å². The fourth-order valence-electron chi connectivity index (χ4n) is 10.8. The van der Waals surface area contributed by atoms with Crippen molar-refractivity contribution in [1.29, 1.82) is 0 Å². The Morgan fingerprint density at radius 1 is 0.912 bits per heavy atom. The zero-order valence-corrected chi connectivity index (χ0v) is 22.6. The van der Waals surface area contributed by atoms with Crippen LogP contribution >= 0.6 is 0 Å². The predicted octanol–water partition coefficient (Wildman–Crippen LogP) is 6.20. The van der Waals surface area contributed by atoms with Crippen molar-refractivity contribution < 1.29 is 20.1 Å². The summed E-state index contributed by atoms with van der Waals surface area (Å²) in [5.41, 5.74) is -0.532. The average Bonchev–Trinajstić information content (AvgIpc) is 2.74. The molecule has 0 aromatic rings. The van der Waals surface area contributed by atoms with Crippen LogP contribution in [-0.4, -0.2) is 33.0 Å². The Morgan fingerprint density at radius 3 is 2.24 bits per heavy atom. The van der Waals surface area contributed by atoms with Gasteiger partial charge in [-0.25, -0.2) is 0 Å². The van der Waals surface area contributed by atoms with E-state index in [1.807, 2.05) is 6.92 Å². The number of carboxylic acid groups (broad SMARTS) is 1. The maximum absolute atomic E-state index is 12.8. The van der Waals surface area contributed by atoms with Crippen molar-refractivity contribution in [3.63, 3.8) is 0 Å². The van der Waals surface area contributed by atoms with Crippen LogP contribution in [0, 0.1) is 50.7 Å². The number of aliphatic hydroxyl groups excluding tert-OH is 1. The third-order valence-electron chi connectivity index (χ3n) is 13.5. The van der Waals surface area contributed by atoms with Crippen molar-refractivity contribution in [2.45, 2.75) is 118 Å². The fourth-order valence-corrected chi connectivity index (χ4v) is 10.8. The van der Waals surface area contributed by atoms with Gasteiger partial charge in [0, 0.05) is 5.92 Å². The molecule has 3 N–H and O–H groups in total. The van der Waals surface area contributed by atoms with E-state index >= 15 is 0 Å². The first kappa shape index (κ1) is 24.8. The lowest BCUT2D eigenvalue weighted by molar-refractivity contribution is -0.217. The Labute approximate surface area is 206 Å². The maximum Gasteiger partial charge on any atom is 0.310 e. The van der Waals surface area contributed by atoms with Crippen LogP contribution in [0.5, 0.6) is 0 Å². The van der Waals surface area contributed by atoms with Crippen LogP contribution in [0.2, 0.25) is 0 Å². The van der Waals surface area contributed by atoms with E-state index in [-0.39, 0.29) is 39.6 Å². The molecule has 34 heavy (non-hydrogen) atoms. The van der Waals surface area contributed by atoms with Crippen molar-refractivity contribution in [3.05, 3.63) is 11.6 Å². The van der Waals surface area contributed by atoms with E-state index in [0.29, 0.717) is 24.7 Å². The van der Waals surface area contributed by atoms with Crippen molar-refractivity contribution in [1.82, 2.24) is 0 Å². The van der Waals surface area contributed by atoms with Crippen LogP contribution in [-0.2, 0) is 4.79 Å². The number of hydrogen-bond acceptors (Lipinski definition) is 3. The van der Waals surface area contributed by atoms with E-state index in [9.17, 15) is 20.1 Å². The minimum absolute atomic E-state index is 0.0716. The third kappa shape index (κ3) is 2.71. The number of aliphatic carboxylic acids is 1. The van der Waals surface area contributed by atoms with Gasteiger partial charge in [0.25, 0.3) is 0 Å². The van der Waals surface area contributed by atoms with Gasteiger partial charge in [-0.3, -0.25) is 4.79 Å². The standard InChI is InChI=1S/C30H48O4/c1-18-10-15-30(24(32)33)17-16-27(5)19(23(30)29(18,7)34)8-9-21-26(4)13-12-22(31)25(2,3)20(26)11-14-28(21,27)6/h8,18,20-23,31,34H,9-17H2,1-7H3,(H,32,33)/t18-,20+,21-,22+,23+,26+,27-,28-,29-,30+/m1/s1. The summed E-state index contributed by atoms with van der Waals surface area (Å²) < 4.78 is 0. The number of rotatable bonds is 1. The minimum Gasteiger partial charge on any atom is -0.481 e. The van der Waals surface area contributed by atoms with E-state index in [1.54, 1.807) is 0 Å². The first-order valence-corrected chi connectivity index (χ1v) is 13.9. The summed E-state index contributed by atoms with van der Waals surface area (Å²) in [6.07, 6.45) is 10.3. The van der Waals surface area contributed by atoms with Crippen molar-refractivity contribution >= 4 is 5.97 Å². The van der Waals surface area contributed by atoms with Gasteiger partial charge in [-0.1, -0.05) is 53.2 Å². The van der Waals surface area contributed by atoms with Gasteiger partial charge < -0.3 is 15.3 Å². The number of allylic oxidation sites excluding steroid dienone is 1. The van der Waals surface area contributed by atoms with Crippen LogP contribution in [0.4, 0.5) is 0 Å². The molecule has 0 unspecified atom stereocenters. The smallest absolute Gasteiger partial charge is 0.310 e. The molecule has 5 rings (SSSR count). The molecule has 5 aliphatic rings. The summed E-state index contributed by atoms with van der Waals surface area (Å²) in [7, 11) is 0. The molecular weight excluding hydrogens is 424 g/mol. The van der Waals surface area contributed by atoms with Crippen LogP contribution in [0.3, 0.4) is 0 Å². The molecular formula is C30H48O4. The Morgan fingerprint density at radius 2 is 1.59 bits per heavy atom. The third-order valence-corrected chi connectivity index (χ3v) is 13.5. The molecule has 10 atom stereocenters. The van der Waals surface area contributed by atoms with Gasteiger partial charge in [0.05, 0.1) is 17.1 Å². The Balaban J connectivity index is 1.64. The number of carboxylic acids is 1. The lowest BCUT2D eigenvalue weighted by Crippen LogP contribution is -2.67. The first-order valence-electron chi connectivity index (χ1n) is 13.9. The summed E-state index contributed by atoms with van der Waals surface area (Å²) in [4.78, 5) is 12.8. The highest BCUT2D eigenvalue weighted by Gasteiger charge is 2.71. The molecule has 5 aliphatic carbocycles. The first-order chi connectivity index (χ1) is 15.6. The maximum atomic E-state index is 12.8. The summed E-state index contributed by atoms with van der Waals surface area (Å²) in [5, 5.41) is 33.3. The van der Waals surface area contributed by atoms with E-state index in [2.05, 4.69) is 47.6 Å². The van der Waals surface area contributed by atoms with Gasteiger partial charge in [-0.05, 0) is 104 Å². The summed E-state index contributed by atoms with van der Waals surface area (Å²) in [6.45, 7) is 16.0. The van der Waals surface area contributed by atoms with Gasteiger partial charge in [0.2, 0.25) is 0 Å². The number of carbonyl (C=O) groups is 1. The van der Waals surface area contributed by atoms with Crippen molar-refractivity contribution in [2.24, 2.45) is 50.7 Å². The summed E-state index contributed by atoms with van der Waals surface area (Å²) in [5.74, 6) is 0.0848. The Bertz CT molecular complexity index is 919. The predicted molar refractivity (Wildman–Crippen MR) is 134 cm³/mol. The number of fused-ring (bicyclic) bond motifs is 7. The molecule has 0 spiro atoms. The monoisotopic (exact) mass is 472 g/mol. The van der Waals surface area contributed by atoms with Gasteiger partial charge >= 0.3 is 5.97 Å². The van der Waals surface area contributed by atoms with Crippen molar-refractivity contribution in [3.8, 4) is 0 Å². The summed E-state index contributed by atoms with van der Waals surface area (Å²) in [6, 6.07) is 0. The molecule has 4 heteroatoms. The lowest BCUT2D eigenvalue weighted by Gasteiger charge is -2.71. The number of hydrogen-bond donors (Lipinski definition) is 3. The molecule has 0 radical (unpaired) electrons. The second-order valence-corrected chi connectivity index (χ2v) is 14.7. The van der Waals surface area contributed by atoms with E-state index in [0.717, 1.165) is 44.9 Å². The van der Waals surface area contributed by atoms with Gasteiger partial charge in [0.1, 0.15) is 0 Å². The van der Waals surface area contributed by atoms with Gasteiger partial charge in [-0.15, -0.1) is 0 Å². The zero-order chi connectivity index (χ0) is 25.1. The fraction of sp³-hybridized carbons (Fsp3) is 0.900. The largest absolute Gasteiger partial charge is 0.481 e.